The van der Waals surface area contributed by atoms with Gasteiger partial charge in [0.25, 0.3) is 0 Å². The Morgan fingerprint density at radius 2 is 1.62 bits per heavy atom. The van der Waals surface area contributed by atoms with Crippen molar-refractivity contribution in [1.29, 1.82) is 0 Å². The lowest BCUT2D eigenvalue weighted by atomic mass is 10.0. The number of anilines is 1. The average molecular weight is 324 g/mol. The van der Waals surface area contributed by atoms with Crippen LogP contribution in [0.25, 0.3) is 0 Å². The van der Waals surface area contributed by atoms with Crippen molar-refractivity contribution in [3.63, 3.8) is 0 Å². The van der Waals surface area contributed by atoms with Crippen molar-refractivity contribution in [2.75, 3.05) is 18.9 Å². The van der Waals surface area contributed by atoms with Crippen LogP contribution in [0.4, 0.5) is 5.69 Å². The van der Waals surface area contributed by atoms with E-state index in [0.29, 0.717) is 12.5 Å². The van der Waals surface area contributed by atoms with E-state index in [1.807, 2.05) is 44.0 Å². The van der Waals surface area contributed by atoms with Gasteiger partial charge in [-0.1, -0.05) is 56.3 Å². The number of nitrogens with one attached hydrogen (secondary N) is 1. The molecule has 0 aromatic heterocycles. The number of aryl methyl sites for hydroxylation is 2. The van der Waals surface area contributed by atoms with Crippen LogP contribution in [-0.2, 0) is 11.3 Å². The SMILES string of the molecule is Cc1cccc(C)c1NC(=O)CN(C)Cc1ccc(C(C)C)cc1. The number of benzene rings is 2. The molecular weight excluding hydrogens is 296 g/mol. The summed E-state index contributed by atoms with van der Waals surface area (Å²) in [5.41, 5.74) is 5.68. The van der Waals surface area contributed by atoms with Gasteiger partial charge in [-0.15, -0.1) is 0 Å². The number of hydrogen-bond donors (Lipinski definition) is 1. The Labute approximate surface area is 145 Å². The molecule has 0 atom stereocenters. The number of nitrogens with zero attached hydrogens (tertiary/aromatic N) is 1. The predicted molar refractivity (Wildman–Crippen MR) is 101 cm³/mol. The standard InChI is InChI=1S/C21H28N2O/c1-15(2)19-11-9-18(10-12-19)13-23(5)14-20(24)22-21-16(3)7-6-8-17(21)4/h6-12,15H,13-14H2,1-5H3,(H,22,24). The molecule has 0 aliphatic heterocycles. The van der Waals surface area contributed by atoms with Gasteiger partial charge in [-0.3, -0.25) is 9.69 Å². The van der Waals surface area contributed by atoms with Gasteiger partial charge >= 0.3 is 0 Å². The van der Waals surface area contributed by atoms with Crippen LogP contribution in [0.5, 0.6) is 0 Å². The van der Waals surface area contributed by atoms with E-state index in [1.165, 1.54) is 11.1 Å². The van der Waals surface area contributed by atoms with Gasteiger partial charge < -0.3 is 5.32 Å². The van der Waals surface area contributed by atoms with Crippen LogP contribution in [0.1, 0.15) is 42.0 Å². The second-order valence-corrected chi connectivity index (χ2v) is 6.88. The molecule has 3 nitrogen and oxygen atoms in total. The van der Waals surface area contributed by atoms with Crippen LogP contribution in [0.3, 0.4) is 0 Å². The summed E-state index contributed by atoms with van der Waals surface area (Å²) in [6.07, 6.45) is 0. The van der Waals surface area contributed by atoms with Gasteiger partial charge in [0.1, 0.15) is 0 Å². The quantitative estimate of drug-likeness (QED) is 0.848. The molecule has 0 fully saturated rings. The maximum atomic E-state index is 12.3. The monoisotopic (exact) mass is 324 g/mol. The summed E-state index contributed by atoms with van der Waals surface area (Å²) < 4.78 is 0. The molecule has 0 radical (unpaired) electrons. The number of carbonyl (C=O) groups excluding carboxylic acids is 1. The highest BCUT2D eigenvalue weighted by molar-refractivity contribution is 5.93. The first-order valence-corrected chi connectivity index (χ1v) is 8.50. The first-order chi connectivity index (χ1) is 11.4. The summed E-state index contributed by atoms with van der Waals surface area (Å²) in [5, 5.41) is 3.04. The summed E-state index contributed by atoms with van der Waals surface area (Å²) in [5.74, 6) is 0.564. The number of amides is 1. The minimum atomic E-state index is 0.0219. The largest absolute Gasteiger partial charge is 0.324 e. The van der Waals surface area contributed by atoms with E-state index in [0.717, 1.165) is 23.4 Å². The van der Waals surface area contributed by atoms with Crippen LogP contribution in [0, 0.1) is 13.8 Å². The number of carbonyl (C=O) groups is 1. The molecule has 2 rings (SSSR count). The molecule has 0 heterocycles. The van der Waals surface area contributed by atoms with Crippen molar-refractivity contribution < 1.29 is 4.79 Å². The Bertz CT molecular complexity index is 669. The lowest BCUT2D eigenvalue weighted by Gasteiger charge is -2.18. The number of rotatable bonds is 6. The lowest BCUT2D eigenvalue weighted by Crippen LogP contribution is -2.30. The van der Waals surface area contributed by atoms with Gasteiger partial charge in [0.2, 0.25) is 5.91 Å². The molecule has 2 aromatic rings. The highest BCUT2D eigenvalue weighted by Gasteiger charge is 2.10. The fraction of sp³-hybridized carbons (Fsp3) is 0.381. The molecule has 24 heavy (non-hydrogen) atoms. The van der Waals surface area contributed by atoms with Crippen molar-refractivity contribution in [3.8, 4) is 0 Å². The van der Waals surface area contributed by atoms with Crippen molar-refractivity contribution in [2.24, 2.45) is 0 Å². The summed E-state index contributed by atoms with van der Waals surface area (Å²) >= 11 is 0. The average Bonchev–Trinajstić information content (AvgIpc) is 2.51. The Morgan fingerprint density at radius 1 is 1.04 bits per heavy atom. The lowest BCUT2D eigenvalue weighted by molar-refractivity contribution is -0.117. The molecule has 0 saturated heterocycles. The minimum absolute atomic E-state index is 0.0219. The normalized spacial score (nSPS) is 11.1. The maximum absolute atomic E-state index is 12.3. The van der Waals surface area contributed by atoms with Crippen LogP contribution < -0.4 is 5.32 Å². The van der Waals surface area contributed by atoms with E-state index in [9.17, 15) is 4.79 Å². The topological polar surface area (TPSA) is 32.3 Å². The van der Waals surface area contributed by atoms with E-state index in [4.69, 9.17) is 0 Å². The maximum Gasteiger partial charge on any atom is 0.238 e. The van der Waals surface area contributed by atoms with Crippen LogP contribution in [0.2, 0.25) is 0 Å². The second-order valence-electron chi connectivity index (χ2n) is 6.88. The van der Waals surface area contributed by atoms with Gasteiger partial charge in [-0.25, -0.2) is 0 Å². The summed E-state index contributed by atoms with van der Waals surface area (Å²) in [6.45, 7) is 9.56. The first-order valence-electron chi connectivity index (χ1n) is 8.50. The van der Waals surface area contributed by atoms with Crippen molar-refractivity contribution in [2.45, 2.75) is 40.2 Å². The summed E-state index contributed by atoms with van der Waals surface area (Å²) in [4.78, 5) is 14.3. The molecule has 0 bridgehead atoms. The van der Waals surface area contributed by atoms with E-state index in [2.05, 4.69) is 43.4 Å². The molecular formula is C21H28N2O. The Kier molecular flexibility index (Phi) is 6.16. The minimum Gasteiger partial charge on any atom is -0.324 e. The fourth-order valence-corrected chi connectivity index (χ4v) is 2.81. The molecule has 2 aromatic carbocycles. The van der Waals surface area contributed by atoms with Gasteiger partial charge in [0.15, 0.2) is 0 Å². The third-order valence-electron chi connectivity index (χ3n) is 4.26. The smallest absolute Gasteiger partial charge is 0.238 e. The summed E-state index contributed by atoms with van der Waals surface area (Å²) in [6, 6.07) is 14.7. The van der Waals surface area contributed by atoms with Gasteiger partial charge in [-0.05, 0) is 49.1 Å². The third kappa shape index (κ3) is 4.93. The molecule has 0 saturated carbocycles. The van der Waals surface area contributed by atoms with E-state index in [-0.39, 0.29) is 5.91 Å². The van der Waals surface area contributed by atoms with Crippen molar-refractivity contribution >= 4 is 11.6 Å². The highest BCUT2D eigenvalue weighted by Crippen LogP contribution is 2.19. The first kappa shape index (κ1) is 18.2. The molecule has 1 amide bonds. The Hall–Kier alpha value is -2.13. The molecule has 0 unspecified atom stereocenters. The molecule has 3 heteroatoms. The highest BCUT2D eigenvalue weighted by atomic mass is 16.2. The number of hydrogen-bond acceptors (Lipinski definition) is 2. The Balaban J connectivity index is 1.92. The molecule has 0 spiro atoms. The van der Waals surface area contributed by atoms with E-state index in [1.54, 1.807) is 0 Å². The van der Waals surface area contributed by atoms with Gasteiger partial charge in [-0.2, -0.15) is 0 Å². The molecule has 1 N–H and O–H groups in total. The predicted octanol–water partition coefficient (Wildman–Crippen LogP) is 4.50. The number of likely N-dealkylation sites (N-methyl/N-ethyl adjacent to an activating group) is 1. The zero-order valence-electron chi connectivity index (χ0n) is 15.4. The summed E-state index contributed by atoms with van der Waals surface area (Å²) in [7, 11) is 1.97. The van der Waals surface area contributed by atoms with Crippen LogP contribution >= 0.6 is 0 Å². The fourth-order valence-electron chi connectivity index (χ4n) is 2.81. The molecule has 0 aliphatic carbocycles. The third-order valence-corrected chi connectivity index (χ3v) is 4.26. The van der Waals surface area contributed by atoms with Crippen LogP contribution in [-0.4, -0.2) is 24.4 Å². The van der Waals surface area contributed by atoms with Gasteiger partial charge in [0, 0.05) is 12.2 Å². The van der Waals surface area contributed by atoms with E-state index >= 15 is 0 Å². The Morgan fingerprint density at radius 3 is 2.17 bits per heavy atom. The van der Waals surface area contributed by atoms with Crippen molar-refractivity contribution in [3.05, 3.63) is 64.7 Å². The molecule has 128 valence electrons. The zero-order chi connectivity index (χ0) is 17.7. The molecule has 0 aliphatic rings. The van der Waals surface area contributed by atoms with E-state index < -0.39 is 0 Å². The zero-order valence-corrected chi connectivity index (χ0v) is 15.4. The van der Waals surface area contributed by atoms with Crippen molar-refractivity contribution in [1.82, 2.24) is 4.90 Å². The van der Waals surface area contributed by atoms with Gasteiger partial charge in [0.05, 0.1) is 6.54 Å². The number of para-hydroxylation sites is 1. The van der Waals surface area contributed by atoms with Crippen LogP contribution in [0.15, 0.2) is 42.5 Å². The second kappa shape index (κ2) is 8.11.